The summed E-state index contributed by atoms with van der Waals surface area (Å²) in [6.07, 6.45) is 1.83. The van der Waals surface area contributed by atoms with Crippen molar-refractivity contribution in [3.63, 3.8) is 0 Å². The standard InChI is InChI=1S/C20H20ClNO2/c21-16-8-4-7-15(11-16)20(9-10-24-20)13-22-19(23)18-12-17(18)14-5-2-1-3-6-14/h1-8,11,17-18H,9-10,12-13H2,(H,22,23)/t17-,18+,20+/m1/s1. The number of halogens is 1. The van der Waals surface area contributed by atoms with Crippen LogP contribution in [0.3, 0.4) is 0 Å². The maximum atomic E-state index is 12.5. The topological polar surface area (TPSA) is 38.3 Å². The molecule has 4 rings (SSSR count). The zero-order valence-corrected chi connectivity index (χ0v) is 14.1. The van der Waals surface area contributed by atoms with Gasteiger partial charge < -0.3 is 10.1 Å². The summed E-state index contributed by atoms with van der Waals surface area (Å²) >= 11 is 6.10. The highest BCUT2D eigenvalue weighted by Gasteiger charge is 2.46. The number of rotatable bonds is 5. The number of ether oxygens (including phenoxy) is 1. The van der Waals surface area contributed by atoms with Gasteiger partial charge in [0, 0.05) is 17.4 Å². The van der Waals surface area contributed by atoms with Crippen molar-refractivity contribution < 1.29 is 9.53 Å². The van der Waals surface area contributed by atoms with Gasteiger partial charge in [0.05, 0.1) is 13.2 Å². The lowest BCUT2D eigenvalue weighted by atomic mass is 9.86. The van der Waals surface area contributed by atoms with Gasteiger partial charge in [0.25, 0.3) is 0 Å². The van der Waals surface area contributed by atoms with Gasteiger partial charge in [-0.1, -0.05) is 54.1 Å². The Kier molecular flexibility index (Phi) is 4.07. The maximum absolute atomic E-state index is 12.5. The van der Waals surface area contributed by atoms with Crippen LogP contribution in [0, 0.1) is 5.92 Å². The third-order valence-electron chi connectivity index (χ3n) is 5.14. The molecule has 1 N–H and O–H groups in total. The second-order valence-electron chi connectivity index (χ2n) is 6.68. The number of hydrogen-bond acceptors (Lipinski definition) is 2. The minimum atomic E-state index is -0.419. The molecule has 3 atom stereocenters. The highest BCUT2D eigenvalue weighted by Crippen LogP contribution is 2.47. The summed E-state index contributed by atoms with van der Waals surface area (Å²) < 4.78 is 5.85. The lowest BCUT2D eigenvalue weighted by molar-refractivity contribution is -0.155. The first-order valence-corrected chi connectivity index (χ1v) is 8.78. The van der Waals surface area contributed by atoms with E-state index >= 15 is 0 Å². The summed E-state index contributed by atoms with van der Waals surface area (Å²) in [7, 11) is 0. The average molecular weight is 342 g/mol. The van der Waals surface area contributed by atoms with Gasteiger partial charge in [-0.3, -0.25) is 4.79 Å². The molecule has 1 aliphatic heterocycles. The molecule has 2 aliphatic rings. The Morgan fingerprint density at radius 2 is 2.00 bits per heavy atom. The summed E-state index contributed by atoms with van der Waals surface area (Å²) in [4.78, 5) is 12.5. The Bertz CT molecular complexity index is 742. The number of amides is 1. The highest BCUT2D eigenvalue weighted by molar-refractivity contribution is 6.30. The van der Waals surface area contributed by atoms with Crippen LogP contribution in [0.25, 0.3) is 0 Å². The lowest BCUT2D eigenvalue weighted by Crippen LogP contribution is -2.50. The molecule has 1 heterocycles. The first-order chi connectivity index (χ1) is 11.7. The molecular weight excluding hydrogens is 322 g/mol. The number of hydrogen-bond donors (Lipinski definition) is 1. The Hall–Kier alpha value is -1.84. The van der Waals surface area contributed by atoms with Crippen molar-refractivity contribution in [3.8, 4) is 0 Å². The third kappa shape index (κ3) is 2.94. The normalized spacial score (nSPS) is 28.0. The van der Waals surface area contributed by atoms with Crippen LogP contribution in [0.15, 0.2) is 54.6 Å². The monoisotopic (exact) mass is 341 g/mol. The van der Waals surface area contributed by atoms with E-state index in [4.69, 9.17) is 16.3 Å². The molecule has 1 aliphatic carbocycles. The molecule has 0 spiro atoms. The SMILES string of the molecule is O=C(NC[C@]1(c2cccc(Cl)c2)CCO1)[C@H]1C[C@@H]1c1ccccc1. The van der Waals surface area contributed by atoms with Crippen LogP contribution in [0.4, 0.5) is 0 Å². The minimum Gasteiger partial charge on any atom is -0.368 e. The average Bonchev–Trinajstić information content (AvgIpc) is 3.35. The minimum absolute atomic E-state index is 0.0869. The van der Waals surface area contributed by atoms with Gasteiger partial charge in [-0.05, 0) is 35.6 Å². The zero-order valence-electron chi connectivity index (χ0n) is 13.4. The van der Waals surface area contributed by atoms with Crippen LogP contribution in [0.5, 0.6) is 0 Å². The van der Waals surface area contributed by atoms with E-state index in [9.17, 15) is 4.79 Å². The molecule has 1 amide bonds. The molecule has 1 saturated carbocycles. The summed E-state index contributed by atoms with van der Waals surface area (Å²) in [5, 5.41) is 3.79. The van der Waals surface area contributed by atoms with Gasteiger partial charge in [0.1, 0.15) is 5.60 Å². The number of nitrogens with one attached hydrogen (secondary N) is 1. The molecule has 2 aromatic carbocycles. The predicted molar refractivity (Wildman–Crippen MR) is 94.0 cm³/mol. The second-order valence-corrected chi connectivity index (χ2v) is 7.12. The van der Waals surface area contributed by atoms with Crippen LogP contribution >= 0.6 is 11.6 Å². The van der Waals surface area contributed by atoms with E-state index in [0.717, 1.165) is 25.0 Å². The fraction of sp³-hybridized carbons (Fsp3) is 0.350. The van der Waals surface area contributed by atoms with Gasteiger partial charge in [0.15, 0.2) is 0 Å². The molecule has 4 heteroatoms. The number of carbonyl (C=O) groups is 1. The van der Waals surface area contributed by atoms with Crippen molar-refractivity contribution in [1.29, 1.82) is 0 Å². The van der Waals surface area contributed by atoms with Gasteiger partial charge in [-0.2, -0.15) is 0 Å². The third-order valence-corrected chi connectivity index (χ3v) is 5.37. The molecule has 1 saturated heterocycles. The van der Waals surface area contributed by atoms with Crippen LogP contribution in [0.2, 0.25) is 5.02 Å². The predicted octanol–water partition coefficient (Wildman–Crippen LogP) is 3.88. The fourth-order valence-electron chi connectivity index (χ4n) is 3.50. The van der Waals surface area contributed by atoms with E-state index in [2.05, 4.69) is 17.4 Å². The van der Waals surface area contributed by atoms with Crippen LogP contribution in [0.1, 0.15) is 29.9 Å². The quantitative estimate of drug-likeness (QED) is 0.896. The summed E-state index contributed by atoms with van der Waals surface area (Å²) in [5.74, 6) is 0.570. The van der Waals surface area contributed by atoms with Gasteiger partial charge >= 0.3 is 0 Å². The molecule has 2 aromatic rings. The van der Waals surface area contributed by atoms with Crippen LogP contribution in [-0.4, -0.2) is 19.1 Å². The van der Waals surface area contributed by atoms with Gasteiger partial charge in [-0.25, -0.2) is 0 Å². The maximum Gasteiger partial charge on any atom is 0.223 e. The van der Waals surface area contributed by atoms with E-state index in [1.54, 1.807) is 0 Å². The van der Waals surface area contributed by atoms with E-state index in [0.29, 0.717) is 17.5 Å². The highest BCUT2D eigenvalue weighted by atomic mass is 35.5. The number of benzene rings is 2. The first-order valence-electron chi connectivity index (χ1n) is 8.41. The van der Waals surface area contributed by atoms with E-state index in [-0.39, 0.29) is 11.8 Å². The Morgan fingerprint density at radius 1 is 1.21 bits per heavy atom. The van der Waals surface area contributed by atoms with Crippen molar-refractivity contribution in [3.05, 3.63) is 70.7 Å². The van der Waals surface area contributed by atoms with Gasteiger partial charge in [-0.15, -0.1) is 0 Å². The Morgan fingerprint density at radius 3 is 2.67 bits per heavy atom. The second kappa shape index (κ2) is 6.23. The molecular formula is C20H20ClNO2. The molecule has 3 nitrogen and oxygen atoms in total. The van der Waals surface area contributed by atoms with Crippen molar-refractivity contribution >= 4 is 17.5 Å². The van der Waals surface area contributed by atoms with Crippen molar-refractivity contribution in [2.75, 3.05) is 13.2 Å². The molecule has 24 heavy (non-hydrogen) atoms. The molecule has 2 fully saturated rings. The Balaban J connectivity index is 1.39. The van der Waals surface area contributed by atoms with Crippen molar-refractivity contribution in [1.82, 2.24) is 5.32 Å². The van der Waals surface area contributed by atoms with E-state index in [1.807, 2.05) is 42.5 Å². The fourth-order valence-corrected chi connectivity index (χ4v) is 3.69. The van der Waals surface area contributed by atoms with Crippen molar-refractivity contribution in [2.24, 2.45) is 5.92 Å². The van der Waals surface area contributed by atoms with Crippen molar-refractivity contribution in [2.45, 2.75) is 24.4 Å². The summed E-state index contributed by atoms with van der Waals surface area (Å²) in [6, 6.07) is 18.0. The van der Waals surface area contributed by atoms with E-state index < -0.39 is 5.60 Å². The first kappa shape index (κ1) is 15.7. The summed E-state index contributed by atoms with van der Waals surface area (Å²) in [6.45, 7) is 1.22. The zero-order chi connectivity index (χ0) is 16.6. The molecule has 0 bridgehead atoms. The van der Waals surface area contributed by atoms with Gasteiger partial charge in [0.2, 0.25) is 5.91 Å². The van der Waals surface area contributed by atoms with Crippen LogP contribution < -0.4 is 5.32 Å². The molecule has 124 valence electrons. The lowest BCUT2D eigenvalue weighted by Gasteiger charge is -2.42. The number of carbonyl (C=O) groups excluding carboxylic acids is 1. The summed E-state index contributed by atoms with van der Waals surface area (Å²) in [5.41, 5.74) is 1.87. The van der Waals surface area contributed by atoms with Crippen LogP contribution in [-0.2, 0) is 15.1 Å². The molecule has 0 unspecified atom stereocenters. The Labute approximate surface area is 147 Å². The molecule has 0 aromatic heterocycles. The van der Waals surface area contributed by atoms with E-state index in [1.165, 1.54) is 5.56 Å². The largest absolute Gasteiger partial charge is 0.368 e. The smallest absolute Gasteiger partial charge is 0.223 e. The molecule has 0 radical (unpaired) electrons.